The minimum absolute atomic E-state index is 0.0789. The first-order valence-corrected chi connectivity index (χ1v) is 5.81. The van der Waals surface area contributed by atoms with Crippen LogP contribution in [0.1, 0.15) is 43.6 Å². The first-order valence-electron chi connectivity index (χ1n) is 5.81. The van der Waals surface area contributed by atoms with Gasteiger partial charge in [-0.3, -0.25) is 5.43 Å². The van der Waals surface area contributed by atoms with Crippen molar-refractivity contribution in [1.29, 1.82) is 0 Å². The van der Waals surface area contributed by atoms with Gasteiger partial charge < -0.3 is 9.52 Å². The number of hydrazine groups is 1. The van der Waals surface area contributed by atoms with E-state index in [0.29, 0.717) is 12.1 Å². The predicted octanol–water partition coefficient (Wildman–Crippen LogP) is 1.96. The molecular formula is C11H17N3O3. The standard InChI is InChI=1S/C11H17N3O3/c1-7-4-3-5-8(2)14(7)13-11-12-9(6-17-11)10(15)16/h6-8H,3-5H2,1-2H3,(H,12,13)(H,15,16). The van der Waals surface area contributed by atoms with E-state index in [1.807, 2.05) is 0 Å². The zero-order valence-corrected chi connectivity index (χ0v) is 10.0. The largest absolute Gasteiger partial charge is 0.476 e. The Morgan fingerprint density at radius 1 is 1.53 bits per heavy atom. The summed E-state index contributed by atoms with van der Waals surface area (Å²) in [5.74, 6) is -1.08. The quantitative estimate of drug-likeness (QED) is 0.839. The Balaban J connectivity index is 2.05. The molecule has 0 amide bonds. The summed E-state index contributed by atoms with van der Waals surface area (Å²) in [6, 6.07) is 1.01. The second-order valence-corrected chi connectivity index (χ2v) is 4.49. The minimum atomic E-state index is -1.08. The van der Waals surface area contributed by atoms with Crippen LogP contribution in [0.2, 0.25) is 0 Å². The van der Waals surface area contributed by atoms with Gasteiger partial charge >= 0.3 is 12.0 Å². The van der Waals surface area contributed by atoms with E-state index in [-0.39, 0.29) is 11.7 Å². The van der Waals surface area contributed by atoms with Gasteiger partial charge in [-0.05, 0) is 26.7 Å². The fourth-order valence-electron chi connectivity index (χ4n) is 2.18. The smallest absolute Gasteiger partial charge is 0.357 e. The lowest BCUT2D eigenvalue weighted by molar-refractivity contribution is 0.0690. The van der Waals surface area contributed by atoms with Crippen LogP contribution in [0.4, 0.5) is 6.01 Å². The molecule has 2 atom stereocenters. The number of carbonyl (C=O) groups is 1. The maximum atomic E-state index is 10.7. The lowest BCUT2D eigenvalue weighted by atomic mass is 10.00. The van der Waals surface area contributed by atoms with Gasteiger partial charge in [0.05, 0.1) is 0 Å². The summed E-state index contributed by atoms with van der Waals surface area (Å²) < 4.78 is 5.08. The maximum absolute atomic E-state index is 10.7. The minimum Gasteiger partial charge on any atom is -0.476 e. The monoisotopic (exact) mass is 239 g/mol. The van der Waals surface area contributed by atoms with Crippen LogP contribution in [-0.2, 0) is 0 Å². The predicted molar refractivity (Wildman–Crippen MR) is 61.7 cm³/mol. The highest BCUT2D eigenvalue weighted by molar-refractivity contribution is 5.85. The highest BCUT2D eigenvalue weighted by Crippen LogP contribution is 2.23. The summed E-state index contributed by atoms with van der Waals surface area (Å²) in [4.78, 5) is 14.5. The topological polar surface area (TPSA) is 78.6 Å². The number of hydrogen-bond acceptors (Lipinski definition) is 5. The van der Waals surface area contributed by atoms with E-state index in [4.69, 9.17) is 9.52 Å². The van der Waals surface area contributed by atoms with Crippen molar-refractivity contribution in [3.63, 3.8) is 0 Å². The maximum Gasteiger partial charge on any atom is 0.357 e. The zero-order chi connectivity index (χ0) is 12.4. The molecule has 1 saturated heterocycles. The molecule has 6 nitrogen and oxygen atoms in total. The average molecular weight is 239 g/mol. The Morgan fingerprint density at radius 3 is 2.71 bits per heavy atom. The Morgan fingerprint density at radius 2 is 2.18 bits per heavy atom. The summed E-state index contributed by atoms with van der Waals surface area (Å²) in [6.07, 6.45) is 4.59. The van der Waals surface area contributed by atoms with Gasteiger partial charge in [-0.1, -0.05) is 6.42 Å². The number of aromatic nitrogens is 1. The molecule has 0 aromatic carbocycles. The average Bonchev–Trinajstić information content (AvgIpc) is 2.72. The summed E-state index contributed by atoms with van der Waals surface area (Å²) in [5, 5.41) is 10.8. The molecule has 1 aliphatic rings. The lowest BCUT2D eigenvalue weighted by Crippen LogP contribution is -2.47. The van der Waals surface area contributed by atoms with E-state index in [1.54, 1.807) is 0 Å². The molecule has 1 fully saturated rings. The van der Waals surface area contributed by atoms with Gasteiger partial charge in [0.25, 0.3) is 0 Å². The molecule has 0 bridgehead atoms. The van der Waals surface area contributed by atoms with Crippen LogP contribution in [-0.4, -0.2) is 33.2 Å². The molecule has 1 aromatic heterocycles. The van der Waals surface area contributed by atoms with Crippen LogP contribution < -0.4 is 5.43 Å². The van der Waals surface area contributed by atoms with Crippen molar-refractivity contribution in [3.05, 3.63) is 12.0 Å². The lowest BCUT2D eigenvalue weighted by Gasteiger charge is -2.38. The normalized spacial score (nSPS) is 25.8. The Labute approximate surface area is 99.6 Å². The van der Waals surface area contributed by atoms with Crippen LogP contribution in [0.15, 0.2) is 10.7 Å². The van der Waals surface area contributed by atoms with E-state index in [0.717, 1.165) is 19.1 Å². The van der Waals surface area contributed by atoms with Crippen molar-refractivity contribution in [3.8, 4) is 0 Å². The van der Waals surface area contributed by atoms with Gasteiger partial charge in [0.15, 0.2) is 5.69 Å². The van der Waals surface area contributed by atoms with E-state index in [9.17, 15) is 4.79 Å². The van der Waals surface area contributed by atoms with Gasteiger partial charge in [0.2, 0.25) is 0 Å². The first-order chi connectivity index (χ1) is 8.08. The molecule has 2 rings (SSSR count). The second-order valence-electron chi connectivity index (χ2n) is 4.49. The molecule has 17 heavy (non-hydrogen) atoms. The number of rotatable bonds is 3. The summed E-state index contributed by atoms with van der Waals surface area (Å²) in [6.45, 7) is 4.26. The molecule has 94 valence electrons. The van der Waals surface area contributed by atoms with Crippen molar-refractivity contribution >= 4 is 12.0 Å². The molecule has 2 N–H and O–H groups in total. The van der Waals surface area contributed by atoms with Gasteiger partial charge in [-0.25, -0.2) is 9.80 Å². The molecule has 1 aromatic rings. The first kappa shape index (κ1) is 11.9. The highest BCUT2D eigenvalue weighted by atomic mass is 16.4. The highest BCUT2D eigenvalue weighted by Gasteiger charge is 2.26. The van der Waals surface area contributed by atoms with Crippen molar-refractivity contribution in [1.82, 2.24) is 9.99 Å². The molecule has 2 unspecified atom stereocenters. The summed E-state index contributed by atoms with van der Waals surface area (Å²) in [5.41, 5.74) is 2.97. The van der Waals surface area contributed by atoms with Gasteiger partial charge in [0.1, 0.15) is 6.26 Å². The number of anilines is 1. The van der Waals surface area contributed by atoms with E-state index < -0.39 is 5.97 Å². The number of oxazole rings is 1. The molecule has 2 heterocycles. The zero-order valence-electron chi connectivity index (χ0n) is 10.0. The second kappa shape index (κ2) is 4.75. The van der Waals surface area contributed by atoms with Crippen molar-refractivity contribution < 1.29 is 14.3 Å². The van der Waals surface area contributed by atoms with Gasteiger partial charge in [0, 0.05) is 12.1 Å². The van der Waals surface area contributed by atoms with Crippen LogP contribution in [0.3, 0.4) is 0 Å². The van der Waals surface area contributed by atoms with Crippen molar-refractivity contribution in [2.75, 3.05) is 5.43 Å². The molecule has 0 aliphatic carbocycles. The summed E-state index contributed by atoms with van der Waals surface area (Å²) >= 11 is 0. The van der Waals surface area contributed by atoms with Crippen LogP contribution >= 0.6 is 0 Å². The van der Waals surface area contributed by atoms with Gasteiger partial charge in [-0.15, -0.1) is 0 Å². The molecule has 6 heteroatoms. The molecular weight excluding hydrogens is 222 g/mol. The third-order valence-corrected chi connectivity index (χ3v) is 3.14. The SMILES string of the molecule is CC1CCCC(C)N1Nc1nc(C(=O)O)co1. The van der Waals surface area contributed by atoms with Crippen molar-refractivity contribution in [2.24, 2.45) is 0 Å². The number of nitrogens with one attached hydrogen (secondary N) is 1. The van der Waals surface area contributed by atoms with E-state index in [2.05, 4.69) is 29.3 Å². The molecule has 0 spiro atoms. The third kappa shape index (κ3) is 2.58. The van der Waals surface area contributed by atoms with Crippen LogP contribution in [0.5, 0.6) is 0 Å². The van der Waals surface area contributed by atoms with Crippen LogP contribution in [0.25, 0.3) is 0 Å². The van der Waals surface area contributed by atoms with Crippen molar-refractivity contribution in [2.45, 2.75) is 45.2 Å². The summed E-state index contributed by atoms with van der Waals surface area (Å²) in [7, 11) is 0. The number of nitrogens with zero attached hydrogens (tertiary/aromatic N) is 2. The molecule has 0 radical (unpaired) electrons. The van der Waals surface area contributed by atoms with E-state index in [1.165, 1.54) is 6.42 Å². The molecule has 0 saturated carbocycles. The Hall–Kier alpha value is -1.56. The Bertz CT molecular complexity index is 394. The van der Waals surface area contributed by atoms with E-state index >= 15 is 0 Å². The van der Waals surface area contributed by atoms with Crippen LogP contribution in [0, 0.1) is 0 Å². The third-order valence-electron chi connectivity index (χ3n) is 3.14. The number of hydrogen-bond donors (Lipinski definition) is 2. The number of aromatic carboxylic acids is 1. The number of piperidine rings is 1. The number of carboxylic acid groups (broad SMARTS) is 1. The fourth-order valence-corrected chi connectivity index (χ4v) is 2.18. The van der Waals surface area contributed by atoms with Gasteiger partial charge in [-0.2, -0.15) is 4.98 Å². The fraction of sp³-hybridized carbons (Fsp3) is 0.636. The molecule has 1 aliphatic heterocycles. The number of carboxylic acids is 1. The Kier molecular flexibility index (Phi) is 3.33.